The number of aromatic hydroxyl groups is 1. The van der Waals surface area contributed by atoms with Crippen molar-refractivity contribution >= 4 is 0 Å². The Labute approximate surface area is 178 Å². The van der Waals surface area contributed by atoms with Crippen LogP contribution in [0.1, 0.15) is 34.2 Å². The molecule has 0 spiro atoms. The van der Waals surface area contributed by atoms with Crippen LogP contribution in [0.4, 0.5) is 0 Å². The minimum Gasteiger partial charge on any atom is -0.503 e. The molecular weight excluding hydrogens is 390 g/mol. The third kappa shape index (κ3) is 3.09. The fourth-order valence-electron chi connectivity index (χ4n) is 4.33. The van der Waals surface area contributed by atoms with E-state index in [4.69, 9.17) is 0 Å². The summed E-state index contributed by atoms with van der Waals surface area (Å²) in [7, 11) is 0. The summed E-state index contributed by atoms with van der Waals surface area (Å²) in [4.78, 5) is 16.5. The lowest BCUT2D eigenvalue weighted by Crippen LogP contribution is -2.32. The number of nitriles is 1. The standard InChI is InChI=1S/C24H19N5O2/c1-15-5-7-17(8-6-15)21(18-4-2-3-16(11-18)12-25)19-14-28-10-9-26-24(28)22-23(31)20(30)13-27-29(19)22/h2-11,13,19,21,31H,14H2,1H3/t19-,21+/m1/s1. The number of hydrogen-bond donors (Lipinski definition) is 1. The third-order valence-electron chi connectivity index (χ3n) is 5.81. The molecule has 2 aromatic carbocycles. The topological polar surface area (TPSA) is 96.7 Å². The van der Waals surface area contributed by atoms with Gasteiger partial charge in [0.15, 0.2) is 11.6 Å². The molecule has 7 heteroatoms. The normalized spacial score (nSPS) is 15.5. The summed E-state index contributed by atoms with van der Waals surface area (Å²) in [5, 5.41) is 24.4. The number of benzene rings is 2. The summed E-state index contributed by atoms with van der Waals surface area (Å²) >= 11 is 0. The van der Waals surface area contributed by atoms with Crippen molar-refractivity contribution in [2.45, 2.75) is 25.4 Å². The van der Waals surface area contributed by atoms with Gasteiger partial charge >= 0.3 is 0 Å². The molecule has 7 nitrogen and oxygen atoms in total. The minimum absolute atomic E-state index is 0.169. The maximum absolute atomic E-state index is 12.2. The molecule has 1 aliphatic rings. The van der Waals surface area contributed by atoms with E-state index in [0.29, 0.717) is 23.6 Å². The van der Waals surface area contributed by atoms with Crippen molar-refractivity contribution in [2.24, 2.45) is 0 Å². The Hall–Kier alpha value is -4.18. The van der Waals surface area contributed by atoms with E-state index in [0.717, 1.165) is 22.9 Å². The zero-order valence-electron chi connectivity index (χ0n) is 16.8. The highest BCUT2D eigenvalue weighted by atomic mass is 16.3. The van der Waals surface area contributed by atoms with Gasteiger partial charge in [-0.2, -0.15) is 10.4 Å². The molecule has 2 atom stereocenters. The molecule has 1 aliphatic heterocycles. The van der Waals surface area contributed by atoms with Crippen LogP contribution in [0.15, 0.2) is 71.9 Å². The van der Waals surface area contributed by atoms with Crippen LogP contribution in [0.2, 0.25) is 0 Å². The van der Waals surface area contributed by atoms with E-state index in [-0.39, 0.29) is 17.7 Å². The summed E-state index contributed by atoms with van der Waals surface area (Å²) in [6.45, 7) is 2.58. The van der Waals surface area contributed by atoms with Crippen LogP contribution in [0.3, 0.4) is 0 Å². The predicted molar refractivity (Wildman–Crippen MR) is 115 cm³/mol. The van der Waals surface area contributed by atoms with E-state index < -0.39 is 5.43 Å². The molecule has 0 bridgehead atoms. The lowest BCUT2D eigenvalue weighted by atomic mass is 9.83. The van der Waals surface area contributed by atoms with Crippen molar-refractivity contribution in [3.63, 3.8) is 0 Å². The summed E-state index contributed by atoms with van der Waals surface area (Å²) in [5.41, 5.74) is 3.50. The van der Waals surface area contributed by atoms with E-state index in [2.05, 4.69) is 40.4 Å². The zero-order valence-corrected chi connectivity index (χ0v) is 16.8. The van der Waals surface area contributed by atoms with Crippen LogP contribution in [0, 0.1) is 18.3 Å². The van der Waals surface area contributed by atoms with Gasteiger partial charge in [-0.3, -0.25) is 9.48 Å². The molecule has 31 heavy (non-hydrogen) atoms. The average Bonchev–Trinajstić information content (AvgIpc) is 3.26. The number of hydrogen-bond acceptors (Lipinski definition) is 5. The number of aromatic nitrogens is 4. The summed E-state index contributed by atoms with van der Waals surface area (Å²) < 4.78 is 3.62. The molecule has 0 unspecified atom stereocenters. The lowest BCUT2D eigenvalue weighted by Gasteiger charge is -2.34. The smallest absolute Gasteiger partial charge is 0.242 e. The highest BCUT2D eigenvalue weighted by Gasteiger charge is 2.35. The van der Waals surface area contributed by atoms with Crippen molar-refractivity contribution < 1.29 is 5.11 Å². The summed E-state index contributed by atoms with van der Waals surface area (Å²) in [6, 6.07) is 17.8. The number of fused-ring (bicyclic) bond motifs is 3. The number of imidazole rings is 1. The Balaban J connectivity index is 1.76. The first-order valence-corrected chi connectivity index (χ1v) is 9.95. The second kappa shape index (κ2) is 7.26. The highest BCUT2D eigenvalue weighted by molar-refractivity contribution is 5.60. The molecule has 4 aromatic rings. The van der Waals surface area contributed by atoms with Crippen molar-refractivity contribution in [1.29, 1.82) is 5.26 Å². The maximum atomic E-state index is 12.2. The van der Waals surface area contributed by atoms with E-state index in [1.54, 1.807) is 16.9 Å². The molecule has 0 fully saturated rings. The van der Waals surface area contributed by atoms with Gasteiger partial charge in [0.1, 0.15) is 5.69 Å². The molecule has 0 amide bonds. The van der Waals surface area contributed by atoms with Gasteiger partial charge in [-0.05, 0) is 30.2 Å². The van der Waals surface area contributed by atoms with Crippen LogP contribution in [0.5, 0.6) is 5.75 Å². The Morgan fingerprint density at radius 2 is 2.00 bits per heavy atom. The lowest BCUT2D eigenvalue weighted by molar-refractivity contribution is 0.331. The Morgan fingerprint density at radius 3 is 2.77 bits per heavy atom. The van der Waals surface area contributed by atoms with Crippen LogP contribution in [0.25, 0.3) is 11.5 Å². The molecule has 3 heterocycles. The molecule has 0 radical (unpaired) electrons. The number of rotatable bonds is 3. The van der Waals surface area contributed by atoms with E-state index in [9.17, 15) is 15.2 Å². The molecule has 2 aromatic heterocycles. The fourth-order valence-corrected chi connectivity index (χ4v) is 4.33. The summed E-state index contributed by atoms with van der Waals surface area (Å²) in [6.07, 6.45) is 4.62. The molecule has 0 aliphatic carbocycles. The van der Waals surface area contributed by atoms with Crippen molar-refractivity contribution in [3.8, 4) is 23.3 Å². The van der Waals surface area contributed by atoms with Crippen molar-refractivity contribution in [2.75, 3.05) is 0 Å². The predicted octanol–water partition coefficient (Wildman–Crippen LogP) is 3.38. The van der Waals surface area contributed by atoms with Gasteiger partial charge in [-0.1, -0.05) is 42.0 Å². The van der Waals surface area contributed by atoms with E-state index >= 15 is 0 Å². The van der Waals surface area contributed by atoms with E-state index in [1.165, 1.54) is 0 Å². The van der Waals surface area contributed by atoms with Crippen LogP contribution < -0.4 is 5.43 Å². The van der Waals surface area contributed by atoms with Crippen LogP contribution in [-0.2, 0) is 6.54 Å². The zero-order chi connectivity index (χ0) is 21.5. The fraction of sp³-hybridized carbons (Fsp3) is 0.167. The molecule has 5 rings (SSSR count). The quantitative estimate of drug-likeness (QED) is 0.560. The van der Waals surface area contributed by atoms with E-state index in [1.807, 2.05) is 35.9 Å². The van der Waals surface area contributed by atoms with Crippen LogP contribution in [-0.4, -0.2) is 24.4 Å². The molecule has 0 saturated carbocycles. The maximum Gasteiger partial charge on any atom is 0.242 e. The minimum atomic E-state index is -0.542. The van der Waals surface area contributed by atoms with Gasteiger partial charge in [-0.15, -0.1) is 0 Å². The van der Waals surface area contributed by atoms with Gasteiger partial charge in [-0.25, -0.2) is 4.98 Å². The van der Waals surface area contributed by atoms with Gasteiger partial charge < -0.3 is 9.67 Å². The molecular formula is C24H19N5O2. The first kappa shape index (κ1) is 18.8. The molecule has 0 saturated heterocycles. The monoisotopic (exact) mass is 409 g/mol. The number of aryl methyl sites for hydroxylation is 1. The Bertz CT molecular complexity index is 1380. The molecule has 152 valence electrons. The second-order valence-corrected chi connectivity index (χ2v) is 7.75. The largest absolute Gasteiger partial charge is 0.503 e. The van der Waals surface area contributed by atoms with Crippen molar-refractivity contribution in [1.82, 2.24) is 19.3 Å². The summed E-state index contributed by atoms with van der Waals surface area (Å²) in [5.74, 6) is -0.0226. The Kier molecular flexibility index (Phi) is 4.41. The van der Waals surface area contributed by atoms with Gasteiger partial charge in [0, 0.05) is 24.9 Å². The molecule has 1 N–H and O–H groups in total. The van der Waals surface area contributed by atoms with Gasteiger partial charge in [0.2, 0.25) is 5.43 Å². The first-order chi connectivity index (χ1) is 15.1. The first-order valence-electron chi connectivity index (χ1n) is 9.95. The Morgan fingerprint density at radius 1 is 1.19 bits per heavy atom. The van der Waals surface area contributed by atoms with Gasteiger partial charge in [0.25, 0.3) is 0 Å². The SMILES string of the molecule is Cc1ccc([C@@H](c2cccc(C#N)c2)[C@H]2Cn3ccnc3-c3c(O)c(=O)cnn32)cc1. The van der Waals surface area contributed by atoms with Gasteiger partial charge in [0.05, 0.1) is 23.9 Å². The van der Waals surface area contributed by atoms with Crippen LogP contribution >= 0.6 is 0 Å². The van der Waals surface area contributed by atoms with Crippen molar-refractivity contribution in [3.05, 3.63) is 99.6 Å². The second-order valence-electron chi connectivity index (χ2n) is 7.75. The third-order valence-corrected chi connectivity index (χ3v) is 5.81. The number of nitrogens with zero attached hydrogens (tertiary/aromatic N) is 5. The highest BCUT2D eigenvalue weighted by Crippen LogP contribution is 2.42. The average molecular weight is 409 g/mol.